The molecule has 86 valence electrons. The van der Waals surface area contributed by atoms with Gasteiger partial charge in [0.2, 0.25) is 0 Å². The number of ether oxygens (including phenoxy) is 1. The van der Waals surface area contributed by atoms with Crippen molar-refractivity contribution in [1.29, 1.82) is 0 Å². The number of rotatable bonds is 4. The molecule has 0 unspecified atom stereocenters. The molecule has 1 rings (SSSR count). The van der Waals surface area contributed by atoms with Crippen LogP contribution in [-0.2, 0) is 14.3 Å². The summed E-state index contributed by atoms with van der Waals surface area (Å²) in [7, 11) is 1.49. The maximum Gasteiger partial charge on any atom is 0.303 e. The number of carbonyl (C=O) groups is 2. The minimum Gasteiger partial charge on any atom is -0.481 e. The SMILES string of the molecule is COC(C)(C)C(=O)N1CC(CC(=O)O)C1. The number of hydrogen-bond acceptors (Lipinski definition) is 3. The van der Waals surface area contributed by atoms with E-state index in [4.69, 9.17) is 9.84 Å². The van der Waals surface area contributed by atoms with Gasteiger partial charge >= 0.3 is 5.97 Å². The van der Waals surface area contributed by atoms with Gasteiger partial charge in [0.05, 0.1) is 6.42 Å². The maximum absolute atomic E-state index is 11.8. The van der Waals surface area contributed by atoms with Crippen molar-refractivity contribution in [2.24, 2.45) is 5.92 Å². The van der Waals surface area contributed by atoms with Crippen molar-refractivity contribution in [3.63, 3.8) is 0 Å². The van der Waals surface area contributed by atoms with E-state index < -0.39 is 11.6 Å². The minimum atomic E-state index is -0.811. The van der Waals surface area contributed by atoms with Gasteiger partial charge in [0.25, 0.3) is 5.91 Å². The van der Waals surface area contributed by atoms with E-state index in [0.717, 1.165) is 0 Å². The largest absolute Gasteiger partial charge is 0.481 e. The molecule has 1 aliphatic rings. The van der Waals surface area contributed by atoms with Crippen LogP contribution in [0.25, 0.3) is 0 Å². The molecule has 0 spiro atoms. The first-order valence-electron chi connectivity index (χ1n) is 4.93. The number of carboxylic acid groups (broad SMARTS) is 1. The van der Waals surface area contributed by atoms with Crippen LogP contribution in [0.2, 0.25) is 0 Å². The minimum absolute atomic E-state index is 0.0772. The van der Waals surface area contributed by atoms with Gasteiger partial charge in [-0.25, -0.2) is 0 Å². The fourth-order valence-corrected chi connectivity index (χ4v) is 1.58. The van der Waals surface area contributed by atoms with E-state index in [-0.39, 0.29) is 18.2 Å². The average Bonchev–Trinajstić information content (AvgIpc) is 2.09. The molecule has 0 saturated carbocycles. The molecule has 0 bridgehead atoms. The topological polar surface area (TPSA) is 66.8 Å². The highest BCUT2D eigenvalue weighted by Gasteiger charge is 2.39. The second kappa shape index (κ2) is 4.18. The van der Waals surface area contributed by atoms with Crippen molar-refractivity contribution in [3.8, 4) is 0 Å². The fraction of sp³-hybridized carbons (Fsp3) is 0.800. The lowest BCUT2D eigenvalue weighted by molar-refractivity contribution is -0.159. The Kier molecular flexibility index (Phi) is 3.34. The summed E-state index contributed by atoms with van der Waals surface area (Å²) in [5.41, 5.74) is -0.811. The van der Waals surface area contributed by atoms with E-state index >= 15 is 0 Å². The Bertz CT molecular complexity index is 269. The quantitative estimate of drug-likeness (QED) is 0.734. The van der Waals surface area contributed by atoms with Crippen LogP contribution in [0.3, 0.4) is 0 Å². The molecule has 1 aliphatic heterocycles. The first kappa shape index (κ1) is 12.0. The molecule has 5 heteroatoms. The Morgan fingerprint density at radius 1 is 1.47 bits per heavy atom. The second-order valence-corrected chi connectivity index (χ2v) is 4.39. The Balaban J connectivity index is 2.39. The first-order valence-corrected chi connectivity index (χ1v) is 4.93. The number of hydrogen-bond donors (Lipinski definition) is 1. The molecule has 1 N–H and O–H groups in total. The third-order valence-electron chi connectivity index (χ3n) is 2.73. The van der Waals surface area contributed by atoms with Gasteiger partial charge in [0.15, 0.2) is 0 Å². The molecule has 1 amide bonds. The van der Waals surface area contributed by atoms with E-state index in [1.165, 1.54) is 7.11 Å². The molecule has 1 heterocycles. The summed E-state index contributed by atoms with van der Waals surface area (Å²) in [4.78, 5) is 23.8. The third-order valence-corrected chi connectivity index (χ3v) is 2.73. The van der Waals surface area contributed by atoms with Crippen LogP contribution in [0.4, 0.5) is 0 Å². The van der Waals surface area contributed by atoms with E-state index in [1.807, 2.05) is 0 Å². The Morgan fingerprint density at radius 2 is 2.00 bits per heavy atom. The molecule has 0 aromatic carbocycles. The number of likely N-dealkylation sites (tertiary alicyclic amines) is 1. The zero-order valence-electron chi connectivity index (χ0n) is 9.32. The molecule has 1 fully saturated rings. The standard InChI is InChI=1S/C10H17NO4/c1-10(2,15-3)9(14)11-5-7(6-11)4-8(12)13/h7H,4-6H2,1-3H3,(H,12,13). The molecule has 5 nitrogen and oxygen atoms in total. The van der Waals surface area contributed by atoms with Crippen LogP contribution < -0.4 is 0 Å². The number of methoxy groups -OCH3 is 1. The summed E-state index contributed by atoms with van der Waals surface area (Å²) in [6.07, 6.45) is 0.136. The zero-order chi connectivity index (χ0) is 11.6. The molecule has 0 aromatic rings. The van der Waals surface area contributed by atoms with Gasteiger partial charge in [-0.1, -0.05) is 0 Å². The van der Waals surface area contributed by atoms with Crippen molar-refractivity contribution < 1.29 is 19.4 Å². The smallest absolute Gasteiger partial charge is 0.303 e. The van der Waals surface area contributed by atoms with Gasteiger partial charge in [-0.3, -0.25) is 9.59 Å². The van der Waals surface area contributed by atoms with Gasteiger partial charge in [-0.05, 0) is 13.8 Å². The van der Waals surface area contributed by atoms with Crippen LogP contribution in [0, 0.1) is 5.92 Å². The molecular formula is C10H17NO4. The van der Waals surface area contributed by atoms with E-state index in [9.17, 15) is 9.59 Å². The van der Waals surface area contributed by atoms with E-state index in [2.05, 4.69) is 0 Å². The monoisotopic (exact) mass is 215 g/mol. The van der Waals surface area contributed by atoms with Crippen LogP contribution in [0.5, 0.6) is 0 Å². The molecule has 1 saturated heterocycles. The lowest BCUT2D eigenvalue weighted by Crippen LogP contribution is -2.57. The normalized spacial score (nSPS) is 17.4. The van der Waals surface area contributed by atoms with Crippen LogP contribution >= 0.6 is 0 Å². The van der Waals surface area contributed by atoms with Gasteiger partial charge in [0.1, 0.15) is 5.60 Å². The lowest BCUT2D eigenvalue weighted by atomic mass is 9.94. The van der Waals surface area contributed by atoms with Crippen molar-refractivity contribution in [2.75, 3.05) is 20.2 Å². The van der Waals surface area contributed by atoms with E-state index in [1.54, 1.807) is 18.7 Å². The molecule has 15 heavy (non-hydrogen) atoms. The van der Waals surface area contributed by atoms with Crippen molar-refractivity contribution in [3.05, 3.63) is 0 Å². The highest BCUT2D eigenvalue weighted by Crippen LogP contribution is 2.23. The predicted octanol–water partition coefficient (Wildman–Crippen LogP) is 0.344. The van der Waals surface area contributed by atoms with Crippen molar-refractivity contribution in [1.82, 2.24) is 4.90 Å². The molecule has 0 aliphatic carbocycles. The second-order valence-electron chi connectivity index (χ2n) is 4.39. The lowest BCUT2D eigenvalue weighted by Gasteiger charge is -2.42. The van der Waals surface area contributed by atoms with Crippen LogP contribution in [-0.4, -0.2) is 47.7 Å². The number of carbonyl (C=O) groups excluding carboxylic acids is 1. The maximum atomic E-state index is 11.8. The van der Waals surface area contributed by atoms with Gasteiger partial charge in [-0.2, -0.15) is 0 Å². The van der Waals surface area contributed by atoms with Crippen molar-refractivity contribution in [2.45, 2.75) is 25.9 Å². The summed E-state index contributed by atoms with van der Waals surface area (Å²) in [6.45, 7) is 4.47. The Hall–Kier alpha value is -1.10. The molecular weight excluding hydrogens is 198 g/mol. The Morgan fingerprint density at radius 3 is 2.40 bits per heavy atom. The molecule has 0 aromatic heterocycles. The predicted molar refractivity (Wildman–Crippen MR) is 53.4 cm³/mol. The summed E-state index contributed by atoms with van der Waals surface area (Å²) in [5.74, 6) is -0.788. The highest BCUT2D eigenvalue weighted by molar-refractivity contribution is 5.85. The van der Waals surface area contributed by atoms with Gasteiger partial charge in [0, 0.05) is 26.1 Å². The van der Waals surface area contributed by atoms with Gasteiger partial charge < -0.3 is 14.7 Å². The fourth-order valence-electron chi connectivity index (χ4n) is 1.58. The average molecular weight is 215 g/mol. The zero-order valence-corrected chi connectivity index (χ0v) is 9.32. The van der Waals surface area contributed by atoms with Crippen molar-refractivity contribution >= 4 is 11.9 Å². The Labute approximate surface area is 89.0 Å². The van der Waals surface area contributed by atoms with Crippen LogP contribution in [0.15, 0.2) is 0 Å². The molecule has 0 radical (unpaired) electrons. The third kappa shape index (κ3) is 2.68. The summed E-state index contributed by atoms with van der Waals surface area (Å²) < 4.78 is 5.07. The summed E-state index contributed by atoms with van der Waals surface area (Å²) >= 11 is 0. The van der Waals surface area contributed by atoms with Gasteiger partial charge in [-0.15, -0.1) is 0 Å². The van der Waals surface area contributed by atoms with E-state index in [0.29, 0.717) is 13.1 Å². The number of nitrogens with zero attached hydrogens (tertiary/aromatic N) is 1. The first-order chi connectivity index (χ1) is 6.86. The molecule has 0 atom stereocenters. The number of carboxylic acids is 1. The summed E-state index contributed by atoms with van der Waals surface area (Å²) in [5, 5.41) is 8.55. The summed E-state index contributed by atoms with van der Waals surface area (Å²) in [6, 6.07) is 0. The highest BCUT2D eigenvalue weighted by atomic mass is 16.5. The number of amides is 1. The van der Waals surface area contributed by atoms with Crippen LogP contribution in [0.1, 0.15) is 20.3 Å². The number of aliphatic carboxylic acids is 1.